The van der Waals surface area contributed by atoms with Crippen LogP contribution >= 0.6 is 0 Å². The lowest BCUT2D eigenvalue weighted by Crippen LogP contribution is -2.30. The van der Waals surface area contributed by atoms with Crippen LogP contribution in [0.4, 0.5) is 0 Å². The minimum absolute atomic E-state index is 0.227. The van der Waals surface area contributed by atoms with Crippen molar-refractivity contribution in [3.63, 3.8) is 0 Å². The molecular formula is C7H9NO. The van der Waals surface area contributed by atoms with E-state index in [2.05, 4.69) is 0 Å². The van der Waals surface area contributed by atoms with E-state index < -0.39 is 0 Å². The molecule has 0 radical (unpaired) electrons. The maximum Gasteiger partial charge on any atom is 0.127 e. The molecule has 1 rings (SSSR count). The molecule has 0 N–H and O–H groups in total. The summed E-state index contributed by atoms with van der Waals surface area (Å²) < 4.78 is 0. The van der Waals surface area contributed by atoms with E-state index in [1.54, 1.807) is 0 Å². The summed E-state index contributed by atoms with van der Waals surface area (Å²) in [6, 6.07) is 2.03. The second-order valence-corrected chi connectivity index (χ2v) is 2.67. The topological polar surface area (TPSA) is 40.9 Å². The first kappa shape index (κ1) is 6.28. The van der Waals surface area contributed by atoms with Crippen LogP contribution in [0.1, 0.15) is 25.7 Å². The van der Waals surface area contributed by atoms with E-state index in [9.17, 15) is 4.79 Å². The second-order valence-electron chi connectivity index (χ2n) is 2.67. The normalized spacial score (nSPS) is 21.7. The summed E-state index contributed by atoms with van der Waals surface area (Å²) in [6.07, 6.45) is 4.31. The maximum absolute atomic E-state index is 10.3. The molecule has 48 valence electrons. The number of carbonyl (C=O) groups excluding carboxylic acids is 1. The summed E-state index contributed by atoms with van der Waals surface area (Å²) >= 11 is 0. The van der Waals surface area contributed by atoms with Crippen molar-refractivity contribution in [2.75, 3.05) is 0 Å². The molecule has 0 aromatic carbocycles. The highest BCUT2D eigenvalue weighted by Gasteiger charge is 2.36. The number of nitrogens with zero attached hydrogens (tertiary/aromatic N) is 1. The van der Waals surface area contributed by atoms with Crippen molar-refractivity contribution in [2.24, 2.45) is 5.41 Å². The largest absolute Gasteiger partial charge is 0.303 e. The molecule has 0 bridgehead atoms. The molecule has 1 aliphatic carbocycles. The zero-order valence-electron chi connectivity index (χ0n) is 5.26. The average Bonchev–Trinajstić information content (AvgIpc) is 1.79. The molecule has 0 saturated heterocycles. The summed E-state index contributed by atoms with van der Waals surface area (Å²) in [5.74, 6) is 0. The van der Waals surface area contributed by atoms with Crippen LogP contribution in [0.2, 0.25) is 0 Å². The molecule has 0 aromatic heterocycles. The Bertz CT molecular complexity index is 153. The number of rotatable bonds is 2. The zero-order valence-corrected chi connectivity index (χ0v) is 5.26. The molecule has 2 nitrogen and oxygen atoms in total. The first-order chi connectivity index (χ1) is 4.33. The van der Waals surface area contributed by atoms with Gasteiger partial charge in [-0.15, -0.1) is 0 Å². The molecule has 1 fully saturated rings. The van der Waals surface area contributed by atoms with Crippen molar-refractivity contribution >= 4 is 6.29 Å². The van der Waals surface area contributed by atoms with E-state index in [1.807, 2.05) is 6.07 Å². The van der Waals surface area contributed by atoms with Crippen LogP contribution in [0, 0.1) is 16.7 Å². The number of carbonyl (C=O) groups is 1. The lowest BCUT2D eigenvalue weighted by Gasteiger charge is -2.33. The highest BCUT2D eigenvalue weighted by molar-refractivity contribution is 5.61. The third-order valence-corrected chi connectivity index (χ3v) is 2.03. The zero-order chi connectivity index (χ0) is 6.74. The predicted octanol–water partition coefficient (Wildman–Crippen LogP) is 1.27. The van der Waals surface area contributed by atoms with E-state index in [0.717, 1.165) is 25.5 Å². The number of aldehydes is 1. The first-order valence-corrected chi connectivity index (χ1v) is 3.16. The Morgan fingerprint density at radius 1 is 1.67 bits per heavy atom. The molecule has 0 spiro atoms. The van der Waals surface area contributed by atoms with Crippen LogP contribution in [0.15, 0.2) is 0 Å². The Balaban J connectivity index is 2.49. The van der Waals surface area contributed by atoms with E-state index >= 15 is 0 Å². The highest BCUT2D eigenvalue weighted by Crippen LogP contribution is 2.41. The van der Waals surface area contributed by atoms with E-state index in [0.29, 0.717) is 6.42 Å². The van der Waals surface area contributed by atoms with Crippen molar-refractivity contribution in [1.29, 1.82) is 5.26 Å². The molecule has 0 aliphatic heterocycles. The quantitative estimate of drug-likeness (QED) is 0.519. The molecule has 2 heteroatoms. The van der Waals surface area contributed by atoms with Gasteiger partial charge in [0.15, 0.2) is 0 Å². The second kappa shape index (κ2) is 2.18. The van der Waals surface area contributed by atoms with Gasteiger partial charge in [-0.05, 0) is 12.8 Å². The Kier molecular flexibility index (Phi) is 1.52. The Morgan fingerprint density at radius 2 is 2.33 bits per heavy atom. The van der Waals surface area contributed by atoms with E-state index in [-0.39, 0.29) is 5.41 Å². The third-order valence-electron chi connectivity index (χ3n) is 2.03. The number of hydrogen-bond donors (Lipinski definition) is 0. The van der Waals surface area contributed by atoms with Crippen LogP contribution in [0.25, 0.3) is 0 Å². The van der Waals surface area contributed by atoms with Gasteiger partial charge in [-0.25, -0.2) is 0 Å². The Labute approximate surface area is 54.5 Å². The smallest absolute Gasteiger partial charge is 0.127 e. The Morgan fingerprint density at radius 3 is 2.44 bits per heavy atom. The standard InChI is InChI=1S/C7H9NO/c8-5-4-7(6-9)2-1-3-7/h6H,1-4H2. The summed E-state index contributed by atoms with van der Waals surface area (Å²) in [5.41, 5.74) is -0.227. The fraction of sp³-hybridized carbons (Fsp3) is 0.714. The predicted molar refractivity (Wildman–Crippen MR) is 32.6 cm³/mol. The lowest BCUT2D eigenvalue weighted by atomic mass is 9.68. The van der Waals surface area contributed by atoms with Gasteiger partial charge in [0.2, 0.25) is 0 Å². The highest BCUT2D eigenvalue weighted by atomic mass is 16.1. The minimum atomic E-state index is -0.227. The van der Waals surface area contributed by atoms with Crippen LogP contribution in [-0.2, 0) is 4.79 Å². The van der Waals surface area contributed by atoms with Gasteiger partial charge in [-0.2, -0.15) is 5.26 Å². The molecule has 1 saturated carbocycles. The van der Waals surface area contributed by atoms with Crippen molar-refractivity contribution in [3.05, 3.63) is 0 Å². The minimum Gasteiger partial charge on any atom is -0.303 e. The summed E-state index contributed by atoms with van der Waals surface area (Å²) in [5, 5.41) is 8.29. The summed E-state index contributed by atoms with van der Waals surface area (Å²) in [4.78, 5) is 10.3. The molecule has 0 unspecified atom stereocenters. The van der Waals surface area contributed by atoms with Gasteiger partial charge in [0.1, 0.15) is 6.29 Å². The van der Waals surface area contributed by atoms with E-state index in [1.165, 1.54) is 0 Å². The molecule has 1 aliphatic rings. The van der Waals surface area contributed by atoms with Gasteiger partial charge >= 0.3 is 0 Å². The molecule has 0 atom stereocenters. The van der Waals surface area contributed by atoms with Gasteiger partial charge in [0, 0.05) is 11.8 Å². The molecular weight excluding hydrogens is 114 g/mol. The third kappa shape index (κ3) is 0.951. The van der Waals surface area contributed by atoms with Crippen molar-refractivity contribution in [3.8, 4) is 6.07 Å². The maximum atomic E-state index is 10.3. The van der Waals surface area contributed by atoms with Gasteiger partial charge in [-0.1, -0.05) is 6.42 Å². The fourth-order valence-corrected chi connectivity index (χ4v) is 1.12. The SMILES string of the molecule is N#CCC1(C=O)CCC1. The average molecular weight is 123 g/mol. The van der Waals surface area contributed by atoms with Crippen LogP contribution in [0.5, 0.6) is 0 Å². The molecule has 0 aromatic rings. The van der Waals surface area contributed by atoms with Crippen molar-refractivity contribution in [2.45, 2.75) is 25.7 Å². The van der Waals surface area contributed by atoms with Crippen LogP contribution in [0.3, 0.4) is 0 Å². The van der Waals surface area contributed by atoms with Gasteiger partial charge in [-0.3, -0.25) is 0 Å². The van der Waals surface area contributed by atoms with Crippen molar-refractivity contribution < 1.29 is 4.79 Å². The molecule has 0 heterocycles. The van der Waals surface area contributed by atoms with Gasteiger partial charge in [0.05, 0.1) is 6.07 Å². The van der Waals surface area contributed by atoms with Crippen LogP contribution < -0.4 is 0 Å². The van der Waals surface area contributed by atoms with Gasteiger partial charge in [0.25, 0.3) is 0 Å². The Hall–Kier alpha value is -0.840. The molecule has 9 heavy (non-hydrogen) atoms. The number of nitriles is 1. The first-order valence-electron chi connectivity index (χ1n) is 3.16. The van der Waals surface area contributed by atoms with Gasteiger partial charge < -0.3 is 4.79 Å². The monoisotopic (exact) mass is 123 g/mol. The molecule has 0 amide bonds. The lowest BCUT2D eigenvalue weighted by molar-refractivity contribution is -0.120. The number of hydrogen-bond acceptors (Lipinski definition) is 2. The summed E-state index contributed by atoms with van der Waals surface area (Å²) in [6.45, 7) is 0. The van der Waals surface area contributed by atoms with Crippen molar-refractivity contribution in [1.82, 2.24) is 0 Å². The van der Waals surface area contributed by atoms with Crippen LogP contribution in [-0.4, -0.2) is 6.29 Å². The fourth-order valence-electron chi connectivity index (χ4n) is 1.12. The summed E-state index contributed by atoms with van der Waals surface area (Å²) in [7, 11) is 0. The van der Waals surface area contributed by atoms with E-state index in [4.69, 9.17) is 5.26 Å².